The third-order valence-electron chi connectivity index (χ3n) is 4.60. The van der Waals surface area contributed by atoms with E-state index in [2.05, 4.69) is 22.0 Å². The minimum absolute atomic E-state index is 0.733. The van der Waals surface area contributed by atoms with Gasteiger partial charge in [0.1, 0.15) is 5.75 Å². The van der Waals surface area contributed by atoms with E-state index in [1.165, 1.54) is 5.56 Å². The van der Waals surface area contributed by atoms with Gasteiger partial charge in [-0.15, -0.1) is 0 Å². The highest BCUT2D eigenvalue weighted by molar-refractivity contribution is 5.43. The fourth-order valence-electron chi connectivity index (χ4n) is 3.23. The van der Waals surface area contributed by atoms with Gasteiger partial charge in [0.05, 0.1) is 21.3 Å². The summed E-state index contributed by atoms with van der Waals surface area (Å²) in [6, 6.07) is 18.3. The van der Waals surface area contributed by atoms with E-state index in [-0.39, 0.29) is 0 Å². The average molecular weight is 378 g/mol. The molecule has 0 fully saturated rings. The van der Waals surface area contributed by atoms with E-state index in [4.69, 9.17) is 14.2 Å². The number of para-hydroxylation sites is 1. The summed E-state index contributed by atoms with van der Waals surface area (Å²) in [5, 5.41) is 0. The van der Waals surface area contributed by atoms with Crippen molar-refractivity contribution in [3.63, 3.8) is 0 Å². The van der Waals surface area contributed by atoms with Crippen LogP contribution < -0.4 is 14.2 Å². The van der Waals surface area contributed by atoms with Crippen molar-refractivity contribution in [1.29, 1.82) is 0 Å². The highest BCUT2D eigenvalue weighted by Gasteiger charge is 2.13. The van der Waals surface area contributed by atoms with Gasteiger partial charge in [0.2, 0.25) is 0 Å². The van der Waals surface area contributed by atoms with Crippen LogP contribution >= 0.6 is 0 Å². The molecule has 0 atom stereocenters. The lowest BCUT2D eigenvalue weighted by Crippen LogP contribution is -2.22. The number of benzene rings is 2. The summed E-state index contributed by atoms with van der Waals surface area (Å²) in [6.07, 6.45) is 3.65. The van der Waals surface area contributed by atoms with Crippen LogP contribution in [-0.2, 0) is 19.6 Å². The van der Waals surface area contributed by atoms with Gasteiger partial charge in [0.25, 0.3) is 0 Å². The van der Waals surface area contributed by atoms with E-state index in [9.17, 15) is 0 Å². The van der Waals surface area contributed by atoms with Crippen LogP contribution in [0.5, 0.6) is 17.2 Å². The largest absolute Gasteiger partial charge is 0.496 e. The number of ether oxygens (including phenoxy) is 3. The highest BCUT2D eigenvalue weighted by Crippen LogP contribution is 2.29. The van der Waals surface area contributed by atoms with Gasteiger partial charge in [-0.25, -0.2) is 0 Å². The number of hydrogen-bond donors (Lipinski definition) is 0. The Balaban J connectivity index is 1.85. The normalized spacial score (nSPS) is 10.7. The van der Waals surface area contributed by atoms with E-state index in [1.807, 2.05) is 54.9 Å². The van der Waals surface area contributed by atoms with Crippen LogP contribution in [0.2, 0.25) is 0 Å². The Bertz CT molecular complexity index is 884. The first-order chi connectivity index (χ1) is 13.7. The minimum Gasteiger partial charge on any atom is -0.496 e. The number of nitrogens with zero attached hydrogens (tertiary/aromatic N) is 2. The summed E-state index contributed by atoms with van der Waals surface area (Å²) in [6.45, 7) is 2.33. The molecule has 0 saturated heterocycles. The van der Waals surface area contributed by atoms with Crippen LogP contribution in [0.25, 0.3) is 0 Å². The van der Waals surface area contributed by atoms with Gasteiger partial charge in [0.15, 0.2) is 11.5 Å². The second-order valence-corrected chi connectivity index (χ2v) is 6.50. The van der Waals surface area contributed by atoms with Crippen molar-refractivity contribution in [2.45, 2.75) is 19.6 Å². The van der Waals surface area contributed by atoms with E-state index < -0.39 is 0 Å². The van der Waals surface area contributed by atoms with E-state index in [0.29, 0.717) is 0 Å². The lowest BCUT2D eigenvalue weighted by atomic mass is 10.1. The van der Waals surface area contributed by atoms with Crippen LogP contribution in [0.15, 0.2) is 67.0 Å². The Morgan fingerprint density at radius 1 is 0.679 bits per heavy atom. The maximum Gasteiger partial charge on any atom is 0.161 e. The molecule has 0 amide bonds. The number of aromatic nitrogens is 1. The summed E-state index contributed by atoms with van der Waals surface area (Å²) in [5.74, 6) is 2.37. The summed E-state index contributed by atoms with van der Waals surface area (Å²) in [7, 11) is 5.01. The molecule has 1 heterocycles. The van der Waals surface area contributed by atoms with Crippen LogP contribution in [0, 0.1) is 0 Å². The lowest BCUT2D eigenvalue weighted by Gasteiger charge is -2.24. The zero-order chi connectivity index (χ0) is 19.8. The van der Waals surface area contributed by atoms with Crippen LogP contribution in [0.4, 0.5) is 0 Å². The molecule has 1 aromatic heterocycles. The first kappa shape index (κ1) is 19.7. The molecule has 0 spiro atoms. The van der Waals surface area contributed by atoms with Gasteiger partial charge in [-0.3, -0.25) is 9.88 Å². The molecule has 3 aromatic rings. The number of pyridine rings is 1. The van der Waals surface area contributed by atoms with Crippen LogP contribution in [0.3, 0.4) is 0 Å². The Labute approximate surface area is 166 Å². The standard InChI is InChI=1S/C23H26N2O3/c1-26-21-7-5-4-6-20(21)17-25(15-18-10-12-24-13-11-18)16-19-8-9-22(27-2)23(14-19)28-3/h4-14H,15-17H2,1-3H3. The predicted octanol–water partition coefficient (Wildman–Crippen LogP) is 4.31. The van der Waals surface area contributed by atoms with Crippen LogP contribution in [-0.4, -0.2) is 31.2 Å². The number of rotatable bonds is 9. The number of methoxy groups -OCH3 is 3. The molecule has 5 heteroatoms. The van der Waals surface area contributed by atoms with Gasteiger partial charge in [-0.1, -0.05) is 24.3 Å². The molecule has 0 bridgehead atoms. The second-order valence-electron chi connectivity index (χ2n) is 6.50. The topological polar surface area (TPSA) is 43.8 Å². The molecule has 0 aliphatic heterocycles. The molecular weight excluding hydrogens is 352 g/mol. The maximum atomic E-state index is 5.54. The van der Waals surface area contributed by atoms with Crippen molar-refractivity contribution >= 4 is 0 Å². The molecule has 2 aromatic carbocycles. The fourth-order valence-corrected chi connectivity index (χ4v) is 3.23. The molecular formula is C23H26N2O3. The van der Waals surface area contributed by atoms with Gasteiger partial charge < -0.3 is 14.2 Å². The third-order valence-corrected chi connectivity index (χ3v) is 4.60. The fraction of sp³-hybridized carbons (Fsp3) is 0.261. The first-order valence-electron chi connectivity index (χ1n) is 9.17. The SMILES string of the molecule is COc1ccccc1CN(Cc1ccncc1)Cc1ccc(OC)c(OC)c1. The molecule has 0 aliphatic carbocycles. The van der Waals surface area contributed by atoms with Crippen molar-refractivity contribution < 1.29 is 14.2 Å². The average Bonchev–Trinajstić information content (AvgIpc) is 2.74. The molecule has 146 valence electrons. The first-order valence-corrected chi connectivity index (χ1v) is 9.17. The molecule has 28 heavy (non-hydrogen) atoms. The molecule has 0 aliphatic rings. The van der Waals surface area contributed by atoms with Crippen molar-refractivity contribution in [3.05, 3.63) is 83.7 Å². The van der Waals surface area contributed by atoms with Gasteiger partial charge in [-0.2, -0.15) is 0 Å². The quantitative estimate of drug-likeness (QED) is 0.555. The Kier molecular flexibility index (Phi) is 6.87. The maximum absolute atomic E-state index is 5.54. The highest BCUT2D eigenvalue weighted by atomic mass is 16.5. The van der Waals surface area contributed by atoms with Gasteiger partial charge in [0, 0.05) is 37.6 Å². The molecule has 5 nitrogen and oxygen atoms in total. The summed E-state index contributed by atoms with van der Waals surface area (Å²) in [4.78, 5) is 6.49. The number of hydrogen-bond acceptors (Lipinski definition) is 5. The molecule has 0 radical (unpaired) electrons. The zero-order valence-electron chi connectivity index (χ0n) is 16.6. The smallest absolute Gasteiger partial charge is 0.161 e. The van der Waals surface area contributed by atoms with E-state index in [1.54, 1.807) is 21.3 Å². The van der Waals surface area contributed by atoms with E-state index in [0.717, 1.165) is 48.0 Å². The minimum atomic E-state index is 0.733. The lowest BCUT2D eigenvalue weighted by molar-refractivity contribution is 0.243. The second kappa shape index (κ2) is 9.76. The van der Waals surface area contributed by atoms with Crippen molar-refractivity contribution in [2.75, 3.05) is 21.3 Å². The summed E-state index contributed by atoms with van der Waals surface area (Å²) < 4.78 is 16.4. The molecule has 0 N–H and O–H groups in total. The Hall–Kier alpha value is -3.05. The third kappa shape index (κ3) is 5.02. The van der Waals surface area contributed by atoms with Crippen molar-refractivity contribution in [3.8, 4) is 17.2 Å². The summed E-state index contributed by atoms with van der Waals surface area (Å²) >= 11 is 0. The molecule has 0 unspecified atom stereocenters. The van der Waals surface area contributed by atoms with Gasteiger partial charge in [-0.05, 0) is 41.5 Å². The predicted molar refractivity (Wildman–Crippen MR) is 110 cm³/mol. The summed E-state index contributed by atoms with van der Waals surface area (Å²) in [5.41, 5.74) is 3.52. The van der Waals surface area contributed by atoms with Gasteiger partial charge >= 0.3 is 0 Å². The van der Waals surface area contributed by atoms with Crippen molar-refractivity contribution in [1.82, 2.24) is 9.88 Å². The monoisotopic (exact) mass is 378 g/mol. The van der Waals surface area contributed by atoms with Crippen LogP contribution in [0.1, 0.15) is 16.7 Å². The Morgan fingerprint density at radius 3 is 2.07 bits per heavy atom. The van der Waals surface area contributed by atoms with Crippen molar-refractivity contribution in [2.24, 2.45) is 0 Å². The van der Waals surface area contributed by atoms with E-state index >= 15 is 0 Å². The molecule has 0 saturated carbocycles. The Morgan fingerprint density at radius 2 is 1.36 bits per heavy atom. The zero-order valence-corrected chi connectivity index (χ0v) is 16.6. The molecule has 3 rings (SSSR count).